The molecule has 1 aromatic rings. The van der Waals surface area contributed by atoms with Crippen LogP contribution in [0.2, 0.25) is 0 Å². The molecule has 2 heteroatoms. The van der Waals surface area contributed by atoms with Gasteiger partial charge in [-0.25, -0.2) is 0 Å². The summed E-state index contributed by atoms with van der Waals surface area (Å²) < 4.78 is 5.12. The number of rotatable bonds is 6. The fraction of sp³-hybridized carbons (Fsp3) is 0.692. The Labute approximate surface area is 92.1 Å². The third kappa shape index (κ3) is 2.85. The van der Waals surface area contributed by atoms with E-state index in [0.29, 0.717) is 6.04 Å². The number of likely N-dealkylation sites (N-methyl/N-ethyl adjacent to an activating group) is 1. The Morgan fingerprint density at radius 2 is 2.33 bits per heavy atom. The fourth-order valence-corrected chi connectivity index (χ4v) is 2.32. The van der Waals surface area contributed by atoms with Gasteiger partial charge in [-0.3, -0.25) is 0 Å². The average molecular weight is 207 g/mol. The summed E-state index contributed by atoms with van der Waals surface area (Å²) in [6.07, 6.45) is 7.58. The molecule has 1 N–H and O–H groups in total. The first kappa shape index (κ1) is 10.7. The van der Waals surface area contributed by atoms with E-state index >= 15 is 0 Å². The quantitative estimate of drug-likeness (QED) is 0.776. The molecule has 1 fully saturated rings. The summed E-state index contributed by atoms with van der Waals surface area (Å²) in [4.78, 5) is 0. The molecule has 84 valence electrons. The van der Waals surface area contributed by atoms with E-state index in [1.807, 2.05) is 6.26 Å². The van der Waals surface area contributed by atoms with Gasteiger partial charge in [0.05, 0.1) is 12.5 Å². The predicted molar refractivity (Wildman–Crippen MR) is 61.8 cm³/mol. The van der Waals surface area contributed by atoms with Crippen molar-refractivity contribution < 1.29 is 4.42 Å². The van der Waals surface area contributed by atoms with Crippen molar-refractivity contribution in [2.75, 3.05) is 6.54 Å². The van der Waals surface area contributed by atoms with E-state index < -0.39 is 0 Å². The zero-order chi connectivity index (χ0) is 10.7. The van der Waals surface area contributed by atoms with Crippen molar-refractivity contribution in [3.05, 3.63) is 24.2 Å². The van der Waals surface area contributed by atoms with Crippen molar-refractivity contribution >= 4 is 0 Å². The minimum Gasteiger partial charge on any atom is -0.472 e. The van der Waals surface area contributed by atoms with E-state index in [1.54, 1.807) is 6.26 Å². The molecule has 0 radical (unpaired) electrons. The van der Waals surface area contributed by atoms with Gasteiger partial charge in [-0.15, -0.1) is 0 Å². The van der Waals surface area contributed by atoms with Gasteiger partial charge in [0, 0.05) is 6.04 Å². The van der Waals surface area contributed by atoms with Crippen molar-refractivity contribution in [2.45, 2.75) is 39.2 Å². The van der Waals surface area contributed by atoms with Gasteiger partial charge in [0.15, 0.2) is 0 Å². The first-order valence-electron chi connectivity index (χ1n) is 6.05. The van der Waals surface area contributed by atoms with Crippen molar-refractivity contribution in [3.63, 3.8) is 0 Å². The number of hydrogen-bond acceptors (Lipinski definition) is 2. The van der Waals surface area contributed by atoms with Crippen LogP contribution in [-0.4, -0.2) is 12.6 Å². The Balaban J connectivity index is 1.92. The van der Waals surface area contributed by atoms with Gasteiger partial charge in [0.25, 0.3) is 0 Å². The Kier molecular flexibility index (Phi) is 3.47. The second-order valence-corrected chi connectivity index (χ2v) is 4.70. The lowest BCUT2D eigenvalue weighted by molar-refractivity contribution is 0.344. The molecule has 1 heterocycles. The maximum absolute atomic E-state index is 5.12. The van der Waals surface area contributed by atoms with E-state index in [2.05, 4.69) is 25.2 Å². The molecule has 1 aliphatic carbocycles. The summed E-state index contributed by atoms with van der Waals surface area (Å²) in [5.41, 5.74) is 1.31. The first-order chi connectivity index (χ1) is 7.31. The molecule has 2 nitrogen and oxygen atoms in total. The van der Waals surface area contributed by atoms with Crippen LogP contribution in [-0.2, 0) is 6.42 Å². The number of furan rings is 1. The Hall–Kier alpha value is -0.760. The summed E-state index contributed by atoms with van der Waals surface area (Å²) in [6.45, 7) is 5.62. The number of nitrogens with one attached hydrogen (secondary N) is 1. The molecule has 0 aromatic carbocycles. The standard InChI is InChI=1S/C13H21NO/c1-3-14-13(10(2)12-4-5-12)8-11-6-7-15-9-11/h6-7,9-10,12-14H,3-5,8H2,1-2H3. The highest BCUT2D eigenvalue weighted by atomic mass is 16.3. The summed E-state index contributed by atoms with van der Waals surface area (Å²) in [7, 11) is 0. The van der Waals surface area contributed by atoms with Gasteiger partial charge in [-0.2, -0.15) is 0 Å². The van der Waals surface area contributed by atoms with Crippen molar-refractivity contribution in [1.82, 2.24) is 5.32 Å². The molecule has 0 saturated heterocycles. The topological polar surface area (TPSA) is 25.2 Å². The molecule has 0 spiro atoms. The van der Waals surface area contributed by atoms with E-state index in [9.17, 15) is 0 Å². The molecule has 2 rings (SSSR count). The minimum atomic E-state index is 0.611. The molecule has 2 unspecified atom stereocenters. The lowest BCUT2D eigenvalue weighted by Crippen LogP contribution is -2.37. The van der Waals surface area contributed by atoms with Crippen LogP contribution in [0.25, 0.3) is 0 Å². The second-order valence-electron chi connectivity index (χ2n) is 4.70. The van der Waals surface area contributed by atoms with Gasteiger partial charge >= 0.3 is 0 Å². The van der Waals surface area contributed by atoms with Gasteiger partial charge in [0.1, 0.15) is 0 Å². The van der Waals surface area contributed by atoms with E-state index in [-0.39, 0.29) is 0 Å². The summed E-state index contributed by atoms with van der Waals surface area (Å²) in [6, 6.07) is 2.68. The van der Waals surface area contributed by atoms with Crippen LogP contribution < -0.4 is 5.32 Å². The van der Waals surface area contributed by atoms with Crippen LogP contribution in [0.1, 0.15) is 32.3 Å². The highest BCUT2D eigenvalue weighted by Crippen LogP contribution is 2.38. The zero-order valence-corrected chi connectivity index (χ0v) is 9.70. The monoisotopic (exact) mass is 207 g/mol. The summed E-state index contributed by atoms with van der Waals surface area (Å²) in [5, 5.41) is 3.60. The molecule has 2 atom stereocenters. The predicted octanol–water partition coefficient (Wildman–Crippen LogP) is 2.85. The smallest absolute Gasteiger partial charge is 0.0935 e. The van der Waals surface area contributed by atoms with Crippen LogP contribution in [0, 0.1) is 11.8 Å². The van der Waals surface area contributed by atoms with Gasteiger partial charge in [-0.1, -0.05) is 13.8 Å². The zero-order valence-electron chi connectivity index (χ0n) is 9.70. The average Bonchev–Trinajstić information content (AvgIpc) is 2.96. The Morgan fingerprint density at radius 3 is 2.87 bits per heavy atom. The molecular weight excluding hydrogens is 186 g/mol. The van der Waals surface area contributed by atoms with E-state index in [4.69, 9.17) is 4.42 Å². The molecule has 1 saturated carbocycles. The lowest BCUT2D eigenvalue weighted by Gasteiger charge is -2.24. The fourth-order valence-electron chi connectivity index (χ4n) is 2.32. The Morgan fingerprint density at radius 1 is 1.53 bits per heavy atom. The molecular formula is C13H21NO. The molecule has 0 bridgehead atoms. The van der Waals surface area contributed by atoms with Crippen LogP contribution in [0.3, 0.4) is 0 Å². The molecule has 1 aromatic heterocycles. The third-order valence-electron chi connectivity index (χ3n) is 3.50. The minimum absolute atomic E-state index is 0.611. The number of hydrogen-bond donors (Lipinski definition) is 1. The van der Waals surface area contributed by atoms with E-state index in [1.165, 1.54) is 18.4 Å². The lowest BCUT2D eigenvalue weighted by atomic mass is 9.92. The molecule has 15 heavy (non-hydrogen) atoms. The van der Waals surface area contributed by atoms with Crippen molar-refractivity contribution in [3.8, 4) is 0 Å². The van der Waals surface area contributed by atoms with Crippen LogP contribution in [0.4, 0.5) is 0 Å². The van der Waals surface area contributed by atoms with Crippen molar-refractivity contribution in [1.29, 1.82) is 0 Å². The maximum Gasteiger partial charge on any atom is 0.0935 e. The van der Waals surface area contributed by atoms with Crippen LogP contribution in [0.5, 0.6) is 0 Å². The maximum atomic E-state index is 5.12. The van der Waals surface area contributed by atoms with Crippen LogP contribution in [0.15, 0.2) is 23.0 Å². The third-order valence-corrected chi connectivity index (χ3v) is 3.50. The summed E-state index contributed by atoms with van der Waals surface area (Å²) in [5.74, 6) is 1.75. The highest BCUT2D eigenvalue weighted by molar-refractivity contribution is 5.08. The molecule has 1 aliphatic rings. The normalized spacial score (nSPS) is 20.1. The molecule has 0 aliphatic heterocycles. The molecule has 0 amide bonds. The van der Waals surface area contributed by atoms with Crippen molar-refractivity contribution in [2.24, 2.45) is 11.8 Å². The highest BCUT2D eigenvalue weighted by Gasteiger charge is 2.32. The van der Waals surface area contributed by atoms with Gasteiger partial charge in [0.2, 0.25) is 0 Å². The first-order valence-corrected chi connectivity index (χ1v) is 6.05. The van der Waals surface area contributed by atoms with E-state index in [0.717, 1.165) is 24.8 Å². The van der Waals surface area contributed by atoms with Crippen LogP contribution >= 0.6 is 0 Å². The van der Waals surface area contributed by atoms with Gasteiger partial charge in [-0.05, 0) is 49.3 Å². The SMILES string of the molecule is CCNC(Cc1ccoc1)C(C)C1CC1. The summed E-state index contributed by atoms with van der Waals surface area (Å²) >= 11 is 0. The Bertz CT molecular complexity index is 277. The largest absolute Gasteiger partial charge is 0.472 e. The van der Waals surface area contributed by atoms with Gasteiger partial charge < -0.3 is 9.73 Å². The second kappa shape index (κ2) is 4.84.